The first-order valence-corrected chi connectivity index (χ1v) is 8.85. The topological polar surface area (TPSA) is 81.3 Å². The molecule has 27 heavy (non-hydrogen) atoms. The van der Waals surface area contributed by atoms with E-state index in [0.29, 0.717) is 11.4 Å². The highest BCUT2D eigenvalue weighted by atomic mass is 16.5. The first-order chi connectivity index (χ1) is 13.2. The van der Waals surface area contributed by atoms with Gasteiger partial charge in [0.15, 0.2) is 0 Å². The predicted octanol–water partition coefficient (Wildman–Crippen LogP) is 2.93. The quantitative estimate of drug-likeness (QED) is 0.757. The van der Waals surface area contributed by atoms with Gasteiger partial charge >= 0.3 is 0 Å². The number of hydrogen-bond donors (Lipinski definition) is 1. The lowest BCUT2D eigenvalue weighted by Gasteiger charge is -2.29. The van der Waals surface area contributed by atoms with Crippen LogP contribution in [0.1, 0.15) is 27.0 Å². The number of primary amides is 1. The summed E-state index contributed by atoms with van der Waals surface area (Å²) in [4.78, 5) is 21.9. The molecular formula is C21H20N4O2. The molecule has 1 aromatic carbocycles. The third kappa shape index (κ3) is 3.96. The molecule has 0 spiro atoms. The van der Waals surface area contributed by atoms with Crippen LogP contribution in [0.2, 0.25) is 0 Å². The summed E-state index contributed by atoms with van der Waals surface area (Å²) in [6.07, 6.45) is 6.05. The molecule has 1 aliphatic rings. The lowest BCUT2D eigenvalue weighted by atomic mass is 9.98. The molecule has 3 heterocycles. The first kappa shape index (κ1) is 17.2. The van der Waals surface area contributed by atoms with Crippen LogP contribution < -0.4 is 10.5 Å². The number of nitrogens with two attached hydrogens (primary N) is 1. The summed E-state index contributed by atoms with van der Waals surface area (Å²) in [5.74, 6) is 0.763. The number of rotatable bonds is 5. The Labute approximate surface area is 157 Å². The van der Waals surface area contributed by atoms with Crippen LogP contribution in [-0.4, -0.2) is 27.3 Å². The van der Waals surface area contributed by atoms with Crippen molar-refractivity contribution in [2.24, 2.45) is 5.73 Å². The number of amides is 1. The number of pyridine rings is 2. The van der Waals surface area contributed by atoms with Crippen LogP contribution in [0.15, 0.2) is 61.1 Å². The molecule has 2 aromatic heterocycles. The van der Waals surface area contributed by atoms with Crippen LogP contribution in [-0.2, 0) is 19.5 Å². The van der Waals surface area contributed by atoms with Gasteiger partial charge in [-0.25, -0.2) is 4.98 Å². The van der Waals surface area contributed by atoms with Crippen LogP contribution in [0, 0.1) is 0 Å². The van der Waals surface area contributed by atoms with Crippen molar-refractivity contribution >= 4 is 5.91 Å². The summed E-state index contributed by atoms with van der Waals surface area (Å²) >= 11 is 0. The zero-order valence-electron chi connectivity index (χ0n) is 14.8. The monoisotopic (exact) mass is 360 g/mol. The largest absolute Gasteiger partial charge is 0.439 e. The zero-order valence-corrected chi connectivity index (χ0v) is 14.8. The summed E-state index contributed by atoms with van der Waals surface area (Å²) in [6, 6.07) is 13.5. The standard InChI is InChI=1S/C21H20N4O2/c22-21(26)16-6-7-20(24-12-16)27-19-5-1-4-17-14-25(10-8-18(17)19)13-15-3-2-9-23-11-15/h1-7,9,11-12H,8,10,13-14H2,(H2,22,26). The van der Waals surface area contributed by atoms with Gasteiger partial charge in [0.25, 0.3) is 0 Å². The number of ether oxygens (including phenoxy) is 1. The molecule has 0 fully saturated rings. The molecule has 0 bridgehead atoms. The molecular weight excluding hydrogens is 340 g/mol. The molecule has 0 unspecified atom stereocenters. The Morgan fingerprint density at radius 3 is 2.81 bits per heavy atom. The van der Waals surface area contributed by atoms with E-state index in [-0.39, 0.29) is 0 Å². The maximum Gasteiger partial charge on any atom is 0.250 e. The maximum absolute atomic E-state index is 11.2. The Morgan fingerprint density at radius 2 is 2.07 bits per heavy atom. The molecule has 0 aliphatic carbocycles. The van der Waals surface area contributed by atoms with Gasteiger partial charge in [0.1, 0.15) is 5.75 Å². The highest BCUT2D eigenvalue weighted by Crippen LogP contribution is 2.31. The van der Waals surface area contributed by atoms with Crippen molar-refractivity contribution < 1.29 is 9.53 Å². The van der Waals surface area contributed by atoms with Crippen LogP contribution in [0.25, 0.3) is 0 Å². The number of carbonyl (C=O) groups excluding carboxylic acids is 1. The number of benzene rings is 1. The van der Waals surface area contributed by atoms with Crippen molar-refractivity contribution in [1.29, 1.82) is 0 Å². The third-order valence-electron chi connectivity index (χ3n) is 4.67. The molecule has 6 heteroatoms. The number of aromatic nitrogens is 2. The zero-order chi connectivity index (χ0) is 18.6. The van der Waals surface area contributed by atoms with Gasteiger partial charge in [0.05, 0.1) is 5.56 Å². The van der Waals surface area contributed by atoms with E-state index in [1.807, 2.05) is 24.4 Å². The average Bonchev–Trinajstić information content (AvgIpc) is 2.69. The number of nitrogens with zero attached hydrogens (tertiary/aromatic N) is 3. The first-order valence-electron chi connectivity index (χ1n) is 8.85. The van der Waals surface area contributed by atoms with Gasteiger partial charge in [-0.3, -0.25) is 14.7 Å². The minimum absolute atomic E-state index is 0.364. The van der Waals surface area contributed by atoms with Crippen molar-refractivity contribution in [3.05, 3.63) is 83.3 Å². The molecule has 0 saturated heterocycles. The second kappa shape index (κ2) is 7.55. The van der Waals surface area contributed by atoms with E-state index in [2.05, 4.69) is 27.0 Å². The fraction of sp³-hybridized carbons (Fsp3) is 0.190. The van der Waals surface area contributed by atoms with Crippen LogP contribution in [0.4, 0.5) is 0 Å². The SMILES string of the molecule is NC(=O)c1ccc(Oc2cccc3c2CCN(Cc2cccnc2)C3)nc1. The Morgan fingerprint density at radius 1 is 1.15 bits per heavy atom. The van der Waals surface area contributed by atoms with E-state index in [4.69, 9.17) is 10.5 Å². The van der Waals surface area contributed by atoms with E-state index in [9.17, 15) is 4.79 Å². The second-order valence-electron chi connectivity index (χ2n) is 6.57. The van der Waals surface area contributed by atoms with Crippen LogP contribution >= 0.6 is 0 Å². The summed E-state index contributed by atoms with van der Waals surface area (Å²) in [7, 11) is 0. The number of carbonyl (C=O) groups is 1. The van der Waals surface area contributed by atoms with E-state index in [1.54, 1.807) is 18.3 Å². The maximum atomic E-state index is 11.2. The molecule has 1 amide bonds. The lowest BCUT2D eigenvalue weighted by molar-refractivity contribution is 0.1000. The Balaban J connectivity index is 1.49. The second-order valence-corrected chi connectivity index (χ2v) is 6.57. The van der Waals surface area contributed by atoms with Gasteiger partial charge < -0.3 is 10.5 Å². The molecule has 6 nitrogen and oxygen atoms in total. The molecule has 4 rings (SSSR count). The van der Waals surface area contributed by atoms with Crippen molar-refractivity contribution in [2.45, 2.75) is 19.5 Å². The van der Waals surface area contributed by atoms with Gasteiger partial charge in [0.2, 0.25) is 11.8 Å². The highest BCUT2D eigenvalue weighted by molar-refractivity contribution is 5.92. The Kier molecular flexibility index (Phi) is 4.80. The van der Waals surface area contributed by atoms with Crippen molar-refractivity contribution in [3.8, 4) is 11.6 Å². The van der Waals surface area contributed by atoms with Crippen molar-refractivity contribution in [2.75, 3.05) is 6.54 Å². The molecule has 3 aromatic rings. The van der Waals surface area contributed by atoms with Gasteiger partial charge in [0, 0.05) is 49.9 Å². The fourth-order valence-electron chi connectivity index (χ4n) is 3.31. The van der Waals surface area contributed by atoms with E-state index in [1.165, 1.54) is 22.9 Å². The fourth-order valence-corrected chi connectivity index (χ4v) is 3.31. The molecule has 1 aliphatic heterocycles. The average molecular weight is 360 g/mol. The normalized spacial score (nSPS) is 13.8. The molecule has 0 saturated carbocycles. The summed E-state index contributed by atoms with van der Waals surface area (Å²) in [5.41, 5.74) is 9.30. The molecule has 2 N–H and O–H groups in total. The third-order valence-corrected chi connectivity index (χ3v) is 4.67. The summed E-state index contributed by atoms with van der Waals surface area (Å²) in [6.45, 7) is 2.71. The van der Waals surface area contributed by atoms with Crippen LogP contribution in [0.3, 0.4) is 0 Å². The van der Waals surface area contributed by atoms with Gasteiger partial charge in [-0.05, 0) is 35.7 Å². The smallest absolute Gasteiger partial charge is 0.250 e. The summed E-state index contributed by atoms with van der Waals surface area (Å²) in [5, 5.41) is 0. The highest BCUT2D eigenvalue weighted by Gasteiger charge is 2.20. The number of hydrogen-bond acceptors (Lipinski definition) is 5. The predicted molar refractivity (Wildman–Crippen MR) is 101 cm³/mol. The molecule has 0 radical (unpaired) electrons. The van der Waals surface area contributed by atoms with E-state index < -0.39 is 5.91 Å². The molecule has 0 atom stereocenters. The minimum atomic E-state index is -0.500. The lowest BCUT2D eigenvalue weighted by Crippen LogP contribution is -2.30. The van der Waals surface area contributed by atoms with Crippen molar-refractivity contribution in [1.82, 2.24) is 14.9 Å². The Hall–Kier alpha value is -3.25. The minimum Gasteiger partial charge on any atom is -0.439 e. The Bertz CT molecular complexity index is 942. The number of fused-ring (bicyclic) bond motifs is 1. The van der Waals surface area contributed by atoms with Gasteiger partial charge in [-0.1, -0.05) is 18.2 Å². The molecule has 136 valence electrons. The van der Waals surface area contributed by atoms with E-state index in [0.717, 1.165) is 31.8 Å². The van der Waals surface area contributed by atoms with Gasteiger partial charge in [-0.15, -0.1) is 0 Å². The summed E-state index contributed by atoms with van der Waals surface area (Å²) < 4.78 is 5.97. The van der Waals surface area contributed by atoms with Crippen LogP contribution in [0.5, 0.6) is 11.6 Å². The van der Waals surface area contributed by atoms with Gasteiger partial charge in [-0.2, -0.15) is 0 Å². The van der Waals surface area contributed by atoms with E-state index >= 15 is 0 Å². The van der Waals surface area contributed by atoms with Crippen molar-refractivity contribution in [3.63, 3.8) is 0 Å².